The predicted molar refractivity (Wildman–Crippen MR) is 135 cm³/mol. The summed E-state index contributed by atoms with van der Waals surface area (Å²) in [5, 5.41) is 21.2. The van der Waals surface area contributed by atoms with Gasteiger partial charge in [0.25, 0.3) is 0 Å². The highest BCUT2D eigenvalue weighted by atomic mass is 16.5. The minimum atomic E-state index is -0.144. The summed E-state index contributed by atoms with van der Waals surface area (Å²) in [4.78, 5) is 12.9. The summed E-state index contributed by atoms with van der Waals surface area (Å²) in [7, 11) is 1.56. The Labute approximate surface area is 201 Å². The Hall–Kier alpha value is -3.23. The zero-order chi connectivity index (χ0) is 24.4. The van der Waals surface area contributed by atoms with E-state index in [1.165, 1.54) is 44.6 Å². The molecule has 2 saturated heterocycles. The number of carbonyl (C=O) groups is 1. The van der Waals surface area contributed by atoms with Crippen molar-refractivity contribution >= 4 is 16.9 Å². The Morgan fingerprint density at radius 1 is 1.00 bits per heavy atom. The smallest absolute Gasteiger partial charge is 0.243 e. The van der Waals surface area contributed by atoms with Gasteiger partial charge in [0.1, 0.15) is 5.75 Å². The Balaban J connectivity index is 0.000000187. The molecule has 5 rings (SSSR count). The molecule has 2 fully saturated rings. The number of ether oxygens (including phenoxy) is 2. The number of aromatic hydroxyl groups is 1. The molecule has 0 radical (unpaired) electrons. The van der Waals surface area contributed by atoms with Gasteiger partial charge in [0, 0.05) is 50.6 Å². The number of aromatic nitrogens is 3. The van der Waals surface area contributed by atoms with Crippen LogP contribution >= 0.6 is 0 Å². The Morgan fingerprint density at radius 2 is 1.62 bits per heavy atom. The number of aromatic amines is 1. The van der Waals surface area contributed by atoms with E-state index in [2.05, 4.69) is 27.1 Å². The first kappa shape index (κ1) is 27.0. The summed E-state index contributed by atoms with van der Waals surface area (Å²) in [5.41, 5.74) is 2.11. The van der Waals surface area contributed by atoms with E-state index < -0.39 is 0 Å². The van der Waals surface area contributed by atoms with Gasteiger partial charge in [-0.05, 0) is 68.9 Å². The molecule has 0 aliphatic carbocycles. The molecule has 8 nitrogen and oxygen atoms in total. The number of hydrogen-bond donors (Lipinski definition) is 3. The molecule has 0 saturated carbocycles. The number of amides is 1. The first-order chi connectivity index (χ1) is 16.7. The number of nitrogens with one attached hydrogen (secondary N) is 2. The van der Waals surface area contributed by atoms with Crippen LogP contribution in [0.1, 0.15) is 38.5 Å². The predicted octanol–water partition coefficient (Wildman–Crippen LogP) is 4.62. The summed E-state index contributed by atoms with van der Waals surface area (Å²) < 4.78 is 10.1. The third-order valence-electron chi connectivity index (χ3n) is 5.07. The molecule has 2 aliphatic rings. The highest BCUT2D eigenvalue weighted by Gasteiger charge is 2.06. The first-order valence-electron chi connectivity index (χ1n) is 11.7. The van der Waals surface area contributed by atoms with Crippen molar-refractivity contribution in [2.24, 2.45) is 0 Å². The van der Waals surface area contributed by atoms with Crippen LogP contribution in [0.5, 0.6) is 5.75 Å². The summed E-state index contributed by atoms with van der Waals surface area (Å²) in [6, 6.07) is 10.9. The summed E-state index contributed by atoms with van der Waals surface area (Å²) in [6.45, 7) is 7.22. The van der Waals surface area contributed by atoms with E-state index in [9.17, 15) is 9.90 Å². The molecule has 3 aromatic rings. The van der Waals surface area contributed by atoms with Crippen molar-refractivity contribution in [1.29, 1.82) is 0 Å². The van der Waals surface area contributed by atoms with Gasteiger partial charge in [0.15, 0.2) is 5.65 Å². The summed E-state index contributed by atoms with van der Waals surface area (Å²) >= 11 is 0. The molecule has 0 spiro atoms. The van der Waals surface area contributed by atoms with E-state index in [0.717, 1.165) is 37.5 Å². The largest absolute Gasteiger partial charge is 0.507 e. The molecule has 34 heavy (non-hydrogen) atoms. The van der Waals surface area contributed by atoms with Crippen molar-refractivity contribution in [1.82, 2.24) is 20.5 Å². The molecule has 1 amide bonds. The second-order valence-corrected chi connectivity index (χ2v) is 7.69. The van der Waals surface area contributed by atoms with E-state index in [0.29, 0.717) is 11.3 Å². The van der Waals surface area contributed by atoms with Gasteiger partial charge < -0.3 is 24.9 Å². The van der Waals surface area contributed by atoms with Crippen LogP contribution in [0.25, 0.3) is 22.3 Å². The van der Waals surface area contributed by atoms with E-state index in [1.807, 2.05) is 30.5 Å². The van der Waals surface area contributed by atoms with Gasteiger partial charge in [-0.15, -0.1) is 10.2 Å². The molecule has 2 aromatic heterocycles. The third-order valence-corrected chi connectivity index (χ3v) is 5.07. The summed E-state index contributed by atoms with van der Waals surface area (Å²) in [5.74, 6) is 0.0710. The molecule has 0 bridgehead atoms. The highest BCUT2D eigenvalue weighted by Crippen LogP contribution is 2.27. The number of likely N-dealkylation sites (N-methyl/N-ethyl adjacent to an activating group) is 1. The fourth-order valence-corrected chi connectivity index (χ4v) is 3.15. The average Bonchev–Trinajstić information content (AvgIpc) is 3.40. The van der Waals surface area contributed by atoms with Crippen molar-refractivity contribution in [3.8, 4) is 17.0 Å². The maximum Gasteiger partial charge on any atom is 0.243 e. The number of phenolic OH excluding ortho intramolecular Hbond substituents is 1. The first-order valence-corrected chi connectivity index (χ1v) is 11.7. The Morgan fingerprint density at radius 3 is 2.06 bits per heavy atom. The minimum absolute atomic E-state index is 0.144. The lowest BCUT2D eigenvalue weighted by Gasteiger charge is -2.08. The van der Waals surface area contributed by atoms with Crippen molar-refractivity contribution < 1.29 is 19.4 Å². The van der Waals surface area contributed by atoms with Crippen molar-refractivity contribution in [3.05, 3.63) is 55.3 Å². The molecule has 0 unspecified atom stereocenters. The number of carbonyl (C=O) groups excluding carboxylic acids is 1. The zero-order valence-corrected chi connectivity index (χ0v) is 20.0. The normalized spacial score (nSPS) is 14.7. The van der Waals surface area contributed by atoms with E-state index >= 15 is 0 Å². The van der Waals surface area contributed by atoms with Crippen LogP contribution in [0.4, 0.5) is 0 Å². The van der Waals surface area contributed by atoms with Crippen molar-refractivity contribution in [2.45, 2.75) is 38.5 Å². The second kappa shape index (κ2) is 16.4. The fraction of sp³-hybridized carbons (Fsp3) is 0.423. The molecule has 1 aromatic carbocycles. The van der Waals surface area contributed by atoms with Gasteiger partial charge in [-0.3, -0.25) is 4.79 Å². The molecular formula is C26H36N4O4. The van der Waals surface area contributed by atoms with Gasteiger partial charge in [-0.2, -0.15) is 0 Å². The fourth-order valence-electron chi connectivity index (χ4n) is 3.15. The summed E-state index contributed by atoms with van der Waals surface area (Å²) in [6.07, 6.45) is 10.9. The highest BCUT2D eigenvalue weighted by molar-refractivity contribution is 5.86. The monoisotopic (exact) mass is 468 g/mol. The van der Waals surface area contributed by atoms with E-state index in [1.54, 1.807) is 19.2 Å². The number of nitrogens with zero attached hydrogens (tertiary/aromatic N) is 2. The van der Waals surface area contributed by atoms with E-state index in [4.69, 9.17) is 9.47 Å². The molecule has 3 N–H and O–H groups in total. The number of benzene rings is 1. The van der Waals surface area contributed by atoms with Gasteiger partial charge in [-0.25, -0.2) is 0 Å². The Bertz CT molecular complexity index is 947. The minimum Gasteiger partial charge on any atom is -0.507 e. The maximum absolute atomic E-state index is 9.95. The number of para-hydroxylation sites is 1. The molecule has 0 atom stereocenters. The Kier molecular flexibility index (Phi) is 13.0. The second-order valence-electron chi connectivity index (χ2n) is 7.69. The van der Waals surface area contributed by atoms with Crippen molar-refractivity contribution in [3.63, 3.8) is 0 Å². The van der Waals surface area contributed by atoms with Gasteiger partial charge in [-0.1, -0.05) is 18.7 Å². The maximum atomic E-state index is 9.95. The lowest BCUT2D eigenvalue weighted by Crippen LogP contribution is -2.13. The number of fused-ring (bicyclic) bond motifs is 1. The number of hydrogen-bond acceptors (Lipinski definition) is 6. The van der Waals surface area contributed by atoms with Crippen LogP contribution in [0.2, 0.25) is 0 Å². The van der Waals surface area contributed by atoms with Crippen LogP contribution in [0.15, 0.2) is 55.3 Å². The van der Waals surface area contributed by atoms with Gasteiger partial charge in [0.05, 0.1) is 5.69 Å². The van der Waals surface area contributed by atoms with Gasteiger partial charge in [0.2, 0.25) is 5.91 Å². The van der Waals surface area contributed by atoms with Crippen molar-refractivity contribution in [2.75, 3.05) is 33.5 Å². The van der Waals surface area contributed by atoms with Crippen LogP contribution in [0.3, 0.4) is 0 Å². The zero-order valence-electron chi connectivity index (χ0n) is 20.0. The number of phenols is 1. The van der Waals surface area contributed by atoms with Crippen LogP contribution < -0.4 is 5.32 Å². The average molecular weight is 469 g/mol. The standard InChI is InChI=1S/C12H9N3O.2C5H10O.C4H7NO/c16-11-4-2-1-3-9(11)10-7-8-5-6-13-12(8)15-14-10;2*1-2-4-6-5-3-1;1-3-4(6)5-2/h1-7,16H,(H,13,15);2*1-5H2;3H,1H2,2H3,(H,5,6). The lowest BCUT2D eigenvalue weighted by atomic mass is 10.1. The van der Waals surface area contributed by atoms with Crippen LogP contribution in [0, 0.1) is 0 Å². The van der Waals surface area contributed by atoms with E-state index in [-0.39, 0.29) is 11.7 Å². The third kappa shape index (κ3) is 10.1. The van der Waals surface area contributed by atoms with Gasteiger partial charge >= 0.3 is 0 Å². The van der Waals surface area contributed by atoms with Crippen LogP contribution in [-0.2, 0) is 14.3 Å². The lowest BCUT2D eigenvalue weighted by molar-refractivity contribution is -0.116. The SMILES string of the molecule is C1CCOCC1.C1CCOCC1.C=CC(=O)NC.Oc1ccccc1-c1cc2cc[nH]c2nn1. The molecule has 4 heterocycles. The molecule has 2 aliphatic heterocycles. The topological polar surface area (TPSA) is 109 Å². The number of H-pyrrole nitrogens is 1. The molecular weight excluding hydrogens is 432 g/mol. The molecule has 184 valence electrons. The number of rotatable bonds is 2. The molecule has 8 heteroatoms. The van der Waals surface area contributed by atoms with Crippen LogP contribution in [-0.4, -0.2) is 59.7 Å². The quantitative estimate of drug-likeness (QED) is 0.474.